The smallest absolute Gasteiger partial charge is 0.0386 e. The maximum absolute atomic E-state index is 2.40. The van der Waals surface area contributed by atoms with Crippen LogP contribution >= 0.6 is 0 Å². The van der Waals surface area contributed by atoms with E-state index in [1.165, 1.54) is 19.3 Å². The minimum Gasteiger partial charge on any atom is -0.0651 e. The Bertz CT molecular complexity index is 380. The van der Waals surface area contributed by atoms with Crippen molar-refractivity contribution in [2.45, 2.75) is 122 Å². The normalized spacial score (nSPS) is 44.9. The highest BCUT2D eigenvalue weighted by atomic mass is 14.4. The fourth-order valence-electron chi connectivity index (χ4n) is 7.76. The van der Waals surface area contributed by atoms with E-state index in [2.05, 4.69) is 6.92 Å². The standard InChI is InChI=1S/C26H46/c1-2-20-7-13-25(14-8-20)26-17-11-22(12-18-26)19-21-9-15-23-5-3-4-6-24(23)16-10-21/h20-26H,2-19H2,1H3. The third kappa shape index (κ3) is 4.88. The molecule has 2 atom stereocenters. The average Bonchev–Trinajstić information content (AvgIpc) is 2.91. The van der Waals surface area contributed by atoms with Crippen molar-refractivity contribution in [1.82, 2.24) is 0 Å². The first-order chi connectivity index (χ1) is 12.8. The minimum absolute atomic E-state index is 1.07. The summed E-state index contributed by atoms with van der Waals surface area (Å²) in [5.41, 5.74) is 0. The van der Waals surface area contributed by atoms with Crippen molar-refractivity contribution in [3.63, 3.8) is 0 Å². The van der Waals surface area contributed by atoms with E-state index in [0.717, 1.165) is 41.4 Å². The van der Waals surface area contributed by atoms with Crippen LogP contribution in [0.4, 0.5) is 0 Å². The highest BCUT2D eigenvalue weighted by molar-refractivity contribution is 4.85. The Labute approximate surface area is 164 Å². The molecule has 0 heterocycles. The van der Waals surface area contributed by atoms with Gasteiger partial charge >= 0.3 is 0 Å². The molecule has 4 aliphatic carbocycles. The average molecular weight is 359 g/mol. The summed E-state index contributed by atoms with van der Waals surface area (Å²) in [6, 6.07) is 0. The molecule has 26 heavy (non-hydrogen) atoms. The lowest BCUT2D eigenvalue weighted by Crippen LogP contribution is -2.26. The molecule has 0 bridgehead atoms. The van der Waals surface area contributed by atoms with Crippen LogP contribution in [0.3, 0.4) is 0 Å². The van der Waals surface area contributed by atoms with Crippen LogP contribution in [0.1, 0.15) is 122 Å². The predicted octanol–water partition coefficient (Wildman–Crippen LogP) is 8.40. The second-order valence-corrected chi connectivity index (χ2v) is 11.0. The van der Waals surface area contributed by atoms with Gasteiger partial charge in [0.05, 0.1) is 0 Å². The van der Waals surface area contributed by atoms with Gasteiger partial charge in [-0.25, -0.2) is 0 Å². The molecule has 0 amide bonds. The summed E-state index contributed by atoms with van der Waals surface area (Å²) in [6.07, 6.45) is 28.2. The van der Waals surface area contributed by atoms with E-state index < -0.39 is 0 Å². The summed E-state index contributed by atoms with van der Waals surface area (Å²) in [4.78, 5) is 0. The molecule has 0 spiro atoms. The Morgan fingerprint density at radius 3 is 1.15 bits per heavy atom. The van der Waals surface area contributed by atoms with Gasteiger partial charge in [-0.3, -0.25) is 0 Å². The van der Waals surface area contributed by atoms with E-state index in [1.54, 1.807) is 96.3 Å². The van der Waals surface area contributed by atoms with Crippen molar-refractivity contribution in [2.24, 2.45) is 41.4 Å². The molecule has 150 valence electrons. The van der Waals surface area contributed by atoms with Gasteiger partial charge in [0.1, 0.15) is 0 Å². The van der Waals surface area contributed by atoms with Gasteiger partial charge in [-0.05, 0) is 86.4 Å². The van der Waals surface area contributed by atoms with Gasteiger partial charge in [-0.15, -0.1) is 0 Å². The van der Waals surface area contributed by atoms with Crippen LogP contribution in [0.15, 0.2) is 0 Å². The van der Waals surface area contributed by atoms with Crippen LogP contribution in [0, 0.1) is 41.4 Å². The topological polar surface area (TPSA) is 0 Å². The van der Waals surface area contributed by atoms with E-state index in [9.17, 15) is 0 Å². The lowest BCUT2D eigenvalue weighted by atomic mass is 9.68. The van der Waals surface area contributed by atoms with Crippen molar-refractivity contribution < 1.29 is 0 Å². The monoisotopic (exact) mass is 358 g/mol. The van der Waals surface area contributed by atoms with Gasteiger partial charge < -0.3 is 0 Å². The highest BCUT2D eigenvalue weighted by Gasteiger charge is 2.33. The van der Waals surface area contributed by atoms with Crippen LogP contribution in [-0.2, 0) is 0 Å². The van der Waals surface area contributed by atoms with E-state index in [0.29, 0.717) is 0 Å². The third-order valence-corrected chi connectivity index (χ3v) is 9.65. The molecule has 0 radical (unpaired) electrons. The lowest BCUT2D eigenvalue weighted by molar-refractivity contribution is 0.135. The number of fused-ring (bicyclic) bond motifs is 1. The molecular formula is C26H46. The Hall–Kier alpha value is 0. The molecule has 0 aromatic carbocycles. The largest absolute Gasteiger partial charge is 0.0651 e. The SMILES string of the molecule is CCC1CCC(C2CCC(CC3CCC4CCCCC4CC3)CC2)CC1. The highest BCUT2D eigenvalue weighted by Crippen LogP contribution is 2.46. The molecule has 0 N–H and O–H groups in total. The molecule has 0 aromatic rings. The number of hydrogen-bond donors (Lipinski definition) is 0. The predicted molar refractivity (Wildman–Crippen MR) is 113 cm³/mol. The molecule has 4 saturated carbocycles. The number of rotatable bonds is 4. The zero-order valence-electron chi connectivity index (χ0n) is 17.8. The second kappa shape index (κ2) is 9.47. The third-order valence-electron chi connectivity index (χ3n) is 9.65. The summed E-state index contributed by atoms with van der Waals surface area (Å²) in [6.45, 7) is 2.40. The lowest BCUT2D eigenvalue weighted by Gasteiger charge is -2.38. The Kier molecular flexibility index (Phi) is 7.04. The van der Waals surface area contributed by atoms with Gasteiger partial charge in [0, 0.05) is 0 Å². The maximum Gasteiger partial charge on any atom is -0.0386 e. The molecular weight excluding hydrogens is 312 g/mol. The molecule has 4 fully saturated rings. The van der Waals surface area contributed by atoms with Crippen molar-refractivity contribution >= 4 is 0 Å². The Balaban J connectivity index is 1.18. The first-order valence-electron chi connectivity index (χ1n) is 12.8. The quantitative estimate of drug-likeness (QED) is 0.473. The van der Waals surface area contributed by atoms with Gasteiger partial charge in [-0.2, -0.15) is 0 Å². The van der Waals surface area contributed by atoms with Crippen molar-refractivity contribution in [3.05, 3.63) is 0 Å². The summed E-state index contributed by atoms with van der Waals surface area (Å²) in [5.74, 6) is 7.75. The molecule has 0 aliphatic heterocycles. The molecule has 4 aliphatic rings. The van der Waals surface area contributed by atoms with Crippen LogP contribution in [0.2, 0.25) is 0 Å². The molecule has 0 saturated heterocycles. The number of hydrogen-bond acceptors (Lipinski definition) is 0. The van der Waals surface area contributed by atoms with Crippen LogP contribution in [-0.4, -0.2) is 0 Å². The molecule has 4 rings (SSSR count). The van der Waals surface area contributed by atoms with E-state index in [1.807, 2.05) is 0 Å². The van der Waals surface area contributed by atoms with E-state index in [-0.39, 0.29) is 0 Å². The van der Waals surface area contributed by atoms with Crippen LogP contribution in [0.25, 0.3) is 0 Å². The maximum atomic E-state index is 2.40. The van der Waals surface area contributed by atoms with Gasteiger partial charge in [0.15, 0.2) is 0 Å². The zero-order valence-corrected chi connectivity index (χ0v) is 17.8. The summed E-state index contributed by atoms with van der Waals surface area (Å²) >= 11 is 0. The van der Waals surface area contributed by atoms with Crippen LogP contribution < -0.4 is 0 Å². The fraction of sp³-hybridized carbons (Fsp3) is 1.00. The second-order valence-electron chi connectivity index (χ2n) is 11.0. The summed E-state index contributed by atoms with van der Waals surface area (Å²) < 4.78 is 0. The van der Waals surface area contributed by atoms with Crippen molar-refractivity contribution in [3.8, 4) is 0 Å². The first kappa shape index (κ1) is 19.3. The van der Waals surface area contributed by atoms with Crippen molar-refractivity contribution in [2.75, 3.05) is 0 Å². The van der Waals surface area contributed by atoms with Gasteiger partial charge in [-0.1, -0.05) is 77.6 Å². The Morgan fingerprint density at radius 1 is 0.423 bits per heavy atom. The fourth-order valence-corrected chi connectivity index (χ4v) is 7.76. The van der Waals surface area contributed by atoms with E-state index >= 15 is 0 Å². The summed E-state index contributed by atoms with van der Waals surface area (Å²) in [7, 11) is 0. The molecule has 0 nitrogen and oxygen atoms in total. The molecule has 0 heteroatoms. The minimum atomic E-state index is 1.07. The van der Waals surface area contributed by atoms with E-state index in [4.69, 9.17) is 0 Å². The zero-order chi connectivity index (χ0) is 17.8. The van der Waals surface area contributed by atoms with Crippen molar-refractivity contribution in [1.29, 1.82) is 0 Å². The molecule has 2 unspecified atom stereocenters. The van der Waals surface area contributed by atoms with Gasteiger partial charge in [0.25, 0.3) is 0 Å². The molecule has 0 aromatic heterocycles. The Morgan fingerprint density at radius 2 is 0.769 bits per heavy atom. The summed E-state index contributed by atoms with van der Waals surface area (Å²) in [5, 5.41) is 0. The first-order valence-corrected chi connectivity index (χ1v) is 12.8. The van der Waals surface area contributed by atoms with Gasteiger partial charge in [0.2, 0.25) is 0 Å². The van der Waals surface area contributed by atoms with Crippen LogP contribution in [0.5, 0.6) is 0 Å².